The Balaban J connectivity index is 2.70. The fraction of sp³-hybridized carbons (Fsp3) is 0.385. The second kappa shape index (κ2) is 8.71. The van der Waals surface area contributed by atoms with Crippen LogP contribution < -0.4 is 15.2 Å². The first-order chi connectivity index (χ1) is 9.98. The Morgan fingerprint density at radius 3 is 2.81 bits per heavy atom. The van der Waals surface area contributed by atoms with Crippen molar-refractivity contribution in [2.24, 2.45) is 5.73 Å². The molecule has 8 heteroatoms. The van der Waals surface area contributed by atoms with Crippen molar-refractivity contribution in [3.63, 3.8) is 0 Å². The van der Waals surface area contributed by atoms with Gasteiger partial charge >= 0.3 is 0 Å². The van der Waals surface area contributed by atoms with Crippen LogP contribution in [0.4, 0.5) is 4.39 Å². The molecule has 1 rings (SSSR count). The van der Waals surface area contributed by atoms with Gasteiger partial charge in [0.05, 0.1) is 13.2 Å². The maximum Gasteiger partial charge on any atom is 0.277 e. The van der Waals surface area contributed by atoms with Crippen LogP contribution in [0.2, 0.25) is 0 Å². The zero-order valence-electron chi connectivity index (χ0n) is 11.6. The molecule has 4 N–H and O–H groups in total. The summed E-state index contributed by atoms with van der Waals surface area (Å²) in [7, 11) is -2.24. The van der Waals surface area contributed by atoms with Crippen molar-refractivity contribution < 1.29 is 17.5 Å². The highest BCUT2D eigenvalue weighted by Gasteiger charge is 2.10. The molecular formula is C13H18FN3O3S. The summed E-state index contributed by atoms with van der Waals surface area (Å²) in [4.78, 5) is 0. The molecule has 1 aromatic carbocycles. The zero-order valence-corrected chi connectivity index (χ0v) is 12.5. The molecule has 0 heterocycles. The van der Waals surface area contributed by atoms with E-state index in [1.54, 1.807) is 0 Å². The lowest BCUT2D eigenvalue weighted by Gasteiger charge is -2.09. The maximum absolute atomic E-state index is 13.6. The lowest BCUT2D eigenvalue weighted by atomic mass is 10.1. The third-order valence-electron chi connectivity index (χ3n) is 2.43. The van der Waals surface area contributed by atoms with Crippen molar-refractivity contribution in [3.8, 4) is 11.8 Å². The number of hydrogen-bond acceptors (Lipinski definition) is 4. The molecule has 0 unspecified atom stereocenters. The number of benzene rings is 1. The highest BCUT2D eigenvalue weighted by atomic mass is 32.2. The van der Waals surface area contributed by atoms with Gasteiger partial charge in [-0.05, 0) is 18.2 Å². The molecule has 0 saturated heterocycles. The Morgan fingerprint density at radius 2 is 2.14 bits per heavy atom. The number of methoxy groups -OCH3 is 1. The summed E-state index contributed by atoms with van der Waals surface area (Å²) in [6.07, 6.45) is 0. The highest BCUT2D eigenvalue weighted by molar-refractivity contribution is 7.87. The molecule has 0 spiro atoms. The summed E-state index contributed by atoms with van der Waals surface area (Å²) in [5, 5.41) is 0. The normalized spacial score (nSPS) is 11.0. The fourth-order valence-electron chi connectivity index (χ4n) is 1.44. The SMILES string of the molecule is COCCNS(=O)(=O)NCc1cc(C#CCN)ccc1F. The maximum atomic E-state index is 13.6. The number of nitrogens with one attached hydrogen (secondary N) is 2. The van der Waals surface area contributed by atoms with E-state index in [1.165, 1.54) is 25.3 Å². The van der Waals surface area contributed by atoms with Crippen molar-refractivity contribution in [3.05, 3.63) is 35.1 Å². The molecule has 21 heavy (non-hydrogen) atoms. The first-order valence-electron chi connectivity index (χ1n) is 6.19. The van der Waals surface area contributed by atoms with E-state index in [4.69, 9.17) is 10.5 Å². The van der Waals surface area contributed by atoms with Gasteiger partial charge in [0.25, 0.3) is 10.2 Å². The molecule has 0 saturated carbocycles. The third kappa shape index (κ3) is 6.66. The van der Waals surface area contributed by atoms with Crippen LogP contribution in [0.1, 0.15) is 11.1 Å². The molecule has 0 amide bonds. The minimum atomic E-state index is -3.70. The first-order valence-corrected chi connectivity index (χ1v) is 7.67. The number of hydrogen-bond donors (Lipinski definition) is 3. The monoisotopic (exact) mass is 315 g/mol. The average Bonchev–Trinajstić information content (AvgIpc) is 2.45. The van der Waals surface area contributed by atoms with Crippen LogP contribution >= 0.6 is 0 Å². The van der Waals surface area contributed by atoms with E-state index in [0.717, 1.165) is 0 Å². The quantitative estimate of drug-likeness (QED) is 0.476. The van der Waals surface area contributed by atoms with E-state index < -0.39 is 16.0 Å². The van der Waals surface area contributed by atoms with Gasteiger partial charge in [-0.3, -0.25) is 0 Å². The zero-order chi connectivity index (χ0) is 15.7. The van der Waals surface area contributed by atoms with Crippen molar-refractivity contribution in [1.82, 2.24) is 9.44 Å². The number of rotatable bonds is 7. The van der Waals surface area contributed by atoms with Crippen LogP contribution in [0.15, 0.2) is 18.2 Å². The van der Waals surface area contributed by atoms with Crippen molar-refractivity contribution in [1.29, 1.82) is 0 Å². The van der Waals surface area contributed by atoms with Gasteiger partial charge in [0.15, 0.2) is 0 Å². The Kier molecular flexibility index (Phi) is 7.28. The van der Waals surface area contributed by atoms with Gasteiger partial charge in [-0.25, -0.2) is 4.39 Å². The molecule has 0 atom stereocenters. The molecule has 0 radical (unpaired) electrons. The second-order valence-corrected chi connectivity index (χ2v) is 5.61. The van der Waals surface area contributed by atoms with Gasteiger partial charge in [-0.15, -0.1) is 0 Å². The van der Waals surface area contributed by atoms with Gasteiger partial charge in [0.2, 0.25) is 0 Å². The van der Waals surface area contributed by atoms with Gasteiger partial charge in [-0.1, -0.05) is 11.8 Å². The summed E-state index contributed by atoms with van der Waals surface area (Å²) in [5.74, 6) is 4.90. The van der Waals surface area contributed by atoms with Crippen LogP contribution in [0, 0.1) is 17.7 Å². The van der Waals surface area contributed by atoms with Gasteiger partial charge < -0.3 is 10.5 Å². The van der Waals surface area contributed by atoms with Gasteiger partial charge in [0, 0.05) is 31.3 Å². The summed E-state index contributed by atoms with van der Waals surface area (Å²) < 4.78 is 46.1. The van der Waals surface area contributed by atoms with Crippen LogP contribution in [-0.2, 0) is 21.5 Å². The summed E-state index contributed by atoms with van der Waals surface area (Å²) in [5.41, 5.74) is 6.04. The van der Waals surface area contributed by atoms with Crippen LogP contribution in [-0.4, -0.2) is 35.2 Å². The Morgan fingerprint density at radius 1 is 1.38 bits per heavy atom. The summed E-state index contributed by atoms with van der Waals surface area (Å²) >= 11 is 0. The second-order valence-electron chi connectivity index (χ2n) is 4.02. The number of nitrogens with two attached hydrogens (primary N) is 1. The first kappa shape index (κ1) is 17.6. The standard InChI is InChI=1S/C13H18FN3O3S/c1-20-8-7-16-21(18,19)17-10-12-9-11(3-2-6-15)4-5-13(12)14/h4-5,9,16-17H,6-8,10,15H2,1H3. The van der Waals surface area contributed by atoms with E-state index >= 15 is 0 Å². The van der Waals surface area contributed by atoms with Crippen molar-refractivity contribution in [2.45, 2.75) is 6.54 Å². The predicted molar refractivity (Wildman–Crippen MR) is 78.0 cm³/mol. The minimum absolute atomic E-state index is 0.135. The molecule has 0 fully saturated rings. The minimum Gasteiger partial charge on any atom is -0.383 e. The molecule has 0 bridgehead atoms. The van der Waals surface area contributed by atoms with E-state index in [-0.39, 0.29) is 31.8 Å². The molecule has 6 nitrogen and oxygen atoms in total. The van der Waals surface area contributed by atoms with E-state index in [9.17, 15) is 12.8 Å². The Labute approximate surface area is 124 Å². The lowest BCUT2D eigenvalue weighted by molar-refractivity contribution is 0.204. The average molecular weight is 315 g/mol. The number of ether oxygens (including phenoxy) is 1. The van der Waals surface area contributed by atoms with Crippen LogP contribution in [0.3, 0.4) is 0 Å². The molecule has 0 aliphatic heterocycles. The Bertz CT molecular complexity index is 623. The topological polar surface area (TPSA) is 93.4 Å². The molecule has 1 aromatic rings. The smallest absolute Gasteiger partial charge is 0.277 e. The van der Waals surface area contributed by atoms with Gasteiger partial charge in [-0.2, -0.15) is 17.9 Å². The van der Waals surface area contributed by atoms with Gasteiger partial charge in [0.1, 0.15) is 5.82 Å². The molecule has 0 aliphatic carbocycles. The van der Waals surface area contributed by atoms with Crippen molar-refractivity contribution >= 4 is 10.2 Å². The van der Waals surface area contributed by atoms with E-state index in [2.05, 4.69) is 21.3 Å². The molecule has 0 aliphatic rings. The largest absolute Gasteiger partial charge is 0.383 e. The molecule has 0 aromatic heterocycles. The highest BCUT2D eigenvalue weighted by Crippen LogP contribution is 2.10. The van der Waals surface area contributed by atoms with E-state index in [0.29, 0.717) is 5.56 Å². The number of halogens is 1. The third-order valence-corrected chi connectivity index (χ3v) is 3.54. The fourth-order valence-corrected chi connectivity index (χ4v) is 2.24. The molecular weight excluding hydrogens is 297 g/mol. The lowest BCUT2D eigenvalue weighted by Crippen LogP contribution is -2.37. The van der Waals surface area contributed by atoms with Crippen LogP contribution in [0.5, 0.6) is 0 Å². The van der Waals surface area contributed by atoms with Crippen LogP contribution in [0.25, 0.3) is 0 Å². The molecule has 116 valence electrons. The summed E-state index contributed by atoms with van der Waals surface area (Å²) in [6.45, 7) is 0.408. The summed E-state index contributed by atoms with van der Waals surface area (Å²) in [6, 6.07) is 4.23. The predicted octanol–water partition coefficient (Wildman–Crippen LogP) is -0.294. The van der Waals surface area contributed by atoms with E-state index in [1.807, 2.05) is 0 Å². The Hall–Kier alpha value is -1.50. The van der Waals surface area contributed by atoms with Crippen molar-refractivity contribution in [2.75, 3.05) is 26.8 Å².